The third-order valence-corrected chi connectivity index (χ3v) is 4.11. The third kappa shape index (κ3) is 2.82. The Labute approximate surface area is 147 Å². The first-order chi connectivity index (χ1) is 12.6. The predicted octanol–water partition coefficient (Wildman–Crippen LogP) is 3.43. The maximum Gasteiger partial charge on any atom is 0.269 e. The topological polar surface area (TPSA) is 114 Å². The van der Waals surface area contributed by atoms with Crippen LogP contribution in [0.25, 0.3) is 22.1 Å². The summed E-state index contributed by atoms with van der Waals surface area (Å²) >= 11 is 0. The van der Waals surface area contributed by atoms with Crippen molar-refractivity contribution in [2.45, 2.75) is 6.10 Å². The molecule has 2 N–H and O–H groups in total. The number of non-ortho nitro benzene ring substituents is 1. The summed E-state index contributed by atoms with van der Waals surface area (Å²) in [6.07, 6.45) is 0.579. The second-order valence-corrected chi connectivity index (χ2v) is 5.74. The van der Waals surface area contributed by atoms with Crippen molar-refractivity contribution in [2.24, 2.45) is 0 Å². The van der Waals surface area contributed by atoms with E-state index < -0.39 is 11.0 Å². The quantitative estimate of drug-likeness (QED) is 0.418. The maximum absolute atomic E-state index is 10.7. The van der Waals surface area contributed by atoms with Gasteiger partial charge in [0, 0.05) is 24.1 Å². The number of rotatable bonds is 5. The molecule has 0 amide bonds. The number of anilines is 1. The van der Waals surface area contributed by atoms with Crippen molar-refractivity contribution < 1.29 is 14.4 Å². The molecule has 0 saturated carbocycles. The monoisotopic (exact) mass is 350 g/mol. The average molecular weight is 350 g/mol. The Bertz CT molecular complexity index is 1090. The number of aliphatic hydroxyl groups is 1. The SMILES string of the molecule is O=[N+]([O-])c1ccc([C@H](O)CNc2ncnc3c2oc2ccccc23)cc1. The van der Waals surface area contributed by atoms with Crippen molar-refractivity contribution in [3.05, 3.63) is 70.5 Å². The number of aliphatic hydroxyl groups excluding tert-OH is 1. The van der Waals surface area contributed by atoms with E-state index in [0.717, 1.165) is 5.39 Å². The highest BCUT2D eigenvalue weighted by molar-refractivity contribution is 6.05. The first-order valence-corrected chi connectivity index (χ1v) is 7.92. The number of furan rings is 1. The molecule has 0 radical (unpaired) electrons. The summed E-state index contributed by atoms with van der Waals surface area (Å²) in [6, 6.07) is 13.3. The van der Waals surface area contributed by atoms with Gasteiger partial charge in [-0.2, -0.15) is 0 Å². The summed E-state index contributed by atoms with van der Waals surface area (Å²) in [7, 11) is 0. The van der Waals surface area contributed by atoms with Crippen molar-refractivity contribution in [1.29, 1.82) is 0 Å². The van der Waals surface area contributed by atoms with Gasteiger partial charge in [0.15, 0.2) is 11.4 Å². The molecular weight excluding hydrogens is 336 g/mol. The lowest BCUT2D eigenvalue weighted by Crippen LogP contribution is -2.13. The number of nitrogens with zero attached hydrogens (tertiary/aromatic N) is 3. The van der Waals surface area contributed by atoms with Gasteiger partial charge in [-0.1, -0.05) is 12.1 Å². The van der Waals surface area contributed by atoms with E-state index in [4.69, 9.17) is 4.42 Å². The molecule has 0 bridgehead atoms. The van der Waals surface area contributed by atoms with Gasteiger partial charge in [0.2, 0.25) is 0 Å². The normalized spacial score (nSPS) is 12.3. The molecule has 0 aliphatic heterocycles. The van der Waals surface area contributed by atoms with Crippen LogP contribution in [0.4, 0.5) is 11.5 Å². The Morgan fingerprint density at radius 2 is 1.92 bits per heavy atom. The molecule has 4 aromatic rings. The van der Waals surface area contributed by atoms with E-state index in [1.165, 1.54) is 30.6 Å². The van der Waals surface area contributed by atoms with Gasteiger partial charge in [0.05, 0.1) is 11.0 Å². The molecule has 0 unspecified atom stereocenters. The molecule has 8 heteroatoms. The largest absolute Gasteiger partial charge is 0.450 e. The first-order valence-electron chi connectivity index (χ1n) is 7.92. The third-order valence-electron chi connectivity index (χ3n) is 4.11. The lowest BCUT2D eigenvalue weighted by atomic mass is 10.1. The zero-order valence-electron chi connectivity index (χ0n) is 13.5. The zero-order chi connectivity index (χ0) is 18.1. The van der Waals surface area contributed by atoms with Gasteiger partial charge >= 0.3 is 0 Å². The minimum Gasteiger partial charge on any atom is -0.450 e. The number of fused-ring (bicyclic) bond motifs is 3. The Morgan fingerprint density at radius 1 is 1.15 bits per heavy atom. The summed E-state index contributed by atoms with van der Waals surface area (Å²) < 4.78 is 5.82. The van der Waals surface area contributed by atoms with Gasteiger partial charge in [0.1, 0.15) is 17.4 Å². The van der Waals surface area contributed by atoms with Crippen molar-refractivity contribution in [3.63, 3.8) is 0 Å². The van der Waals surface area contributed by atoms with E-state index in [1.54, 1.807) is 0 Å². The van der Waals surface area contributed by atoms with Crippen LogP contribution in [-0.2, 0) is 0 Å². The highest BCUT2D eigenvalue weighted by Gasteiger charge is 2.15. The smallest absolute Gasteiger partial charge is 0.269 e. The Hall–Kier alpha value is -3.52. The molecule has 0 spiro atoms. The molecule has 2 aromatic heterocycles. The predicted molar refractivity (Wildman–Crippen MR) is 95.9 cm³/mol. The minimum atomic E-state index is -0.856. The zero-order valence-corrected chi connectivity index (χ0v) is 13.5. The Kier molecular flexibility index (Phi) is 3.94. The summed E-state index contributed by atoms with van der Waals surface area (Å²) in [5.41, 5.74) is 2.47. The molecule has 2 aromatic carbocycles. The standard InChI is InChI=1S/C18H14N4O4/c23-14(11-5-7-12(8-6-11)22(24)25)9-19-18-17-16(20-10-21-18)13-3-1-2-4-15(13)26-17/h1-8,10,14,23H,9H2,(H,19,20,21)/t14-/m1/s1. The fourth-order valence-electron chi connectivity index (χ4n) is 2.78. The maximum atomic E-state index is 10.7. The van der Waals surface area contributed by atoms with E-state index in [1.807, 2.05) is 24.3 Å². The van der Waals surface area contributed by atoms with E-state index >= 15 is 0 Å². The molecule has 0 saturated heterocycles. The molecular formula is C18H14N4O4. The average Bonchev–Trinajstić information content (AvgIpc) is 3.05. The van der Waals surface area contributed by atoms with Crippen LogP contribution < -0.4 is 5.32 Å². The summed E-state index contributed by atoms with van der Waals surface area (Å²) in [5.74, 6) is 0.479. The van der Waals surface area contributed by atoms with Gasteiger partial charge in [-0.25, -0.2) is 9.97 Å². The van der Waals surface area contributed by atoms with Gasteiger partial charge in [-0.05, 0) is 29.8 Å². The number of nitro benzene ring substituents is 1. The van der Waals surface area contributed by atoms with Crippen LogP contribution in [0.5, 0.6) is 0 Å². The molecule has 130 valence electrons. The molecule has 8 nitrogen and oxygen atoms in total. The van der Waals surface area contributed by atoms with Gasteiger partial charge in [0.25, 0.3) is 5.69 Å². The van der Waals surface area contributed by atoms with Crippen molar-refractivity contribution in [2.75, 3.05) is 11.9 Å². The molecule has 1 atom stereocenters. The van der Waals surface area contributed by atoms with E-state index in [0.29, 0.717) is 28.1 Å². The second-order valence-electron chi connectivity index (χ2n) is 5.74. The van der Waals surface area contributed by atoms with Crippen LogP contribution in [0.1, 0.15) is 11.7 Å². The first kappa shape index (κ1) is 16.0. The number of hydrogen-bond acceptors (Lipinski definition) is 7. The van der Waals surface area contributed by atoms with Crippen LogP contribution in [0.2, 0.25) is 0 Å². The Balaban J connectivity index is 1.56. The van der Waals surface area contributed by atoms with Crippen LogP contribution in [-0.4, -0.2) is 26.5 Å². The molecule has 26 heavy (non-hydrogen) atoms. The fourth-order valence-corrected chi connectivity index (χ4v) is 2.78. The lowest BCUT2D eigenvalue weighted by molar-refractivity contribution is -0.384. The van der Waals surface area contributed by atoms with Crippen LogP contribution >= 0.6 is 0 Å². The lowest BCUT2D eigenvalue weighted by Gasteiger charge is -2.12. The molecule has 0 aliphatic carbocycles. The van der Waals surface area contributed by atoms with E-state index in [9.17, 15) is 15.2 Å². The van der Waals surface area contributed by atoms with E-state index in [2.05, 4.69) is 15.3 Å². The summed E-state index contributed by atoms with van der Waals surface area (Å²) in [4.78, 5) is 18.7. The minimum absolute atomic E-state index is 0.0197. The van der Waals surface area contributed by atoms with Crippen LogP contribution in [0.3, 0.4) is 0 Å². The fraction of sp³-hybridized carbons (Fsp3) is 0.111. The number of para-hydroxylation sites is 1. The molecule has 4 rings (SSSR count). The number of nitrogens with one attached hydrogen (secondary N) is 1. The Morgan fingerprint density at radius 3 is 2.69 bits per heavy atom. The molecule has 2 heterocycles. The van der Waals surface area contributed by atoms with E-state index in [-0.39, 0.29) is 12.2 Å². The molecule has 0 aliphatic rings. The second kappa shape index (κ2) is 6.41. The molecule has 0 fully saturated rings. The highest BCUT2D eigenvalue weighted by atomic mass is 16.6. The number of nitro groups is 1. The highest BCUT2D eigenvalue weighted by Crippen LogP contribution is 2.30. The summed E-state index contributed by atoms with van der Waals surface area (Å²) in [5, 5.41) is 25.0. The van der Waals surface area contributed by atoms with Crippen molar-refractivity contribution in [1.82, 2.24) is 9.97 Å². The van der Waals surface area contributed by atoms with Crippen molar-refractivity contribution in [3.8, 4) is 0 Å². The summed E-state index contributed by atoms with van der Waals surface area (Å²) in [6.45, 7) is 0.168. The van der Waals surface area contributed by atoms with Gasteiger partial charge in [-0.15, -0.1) is 0 Å². The number of hydrogen-bond donors (Lipinski definition) is 2. The van der Waals surface area contributed by atoms with Gasteiger partial charge < -0.3 is 14.8 Å². The van der Waals surface area contributed by atoms with Crippen molar-refractivity contribution >= 4 is 33.6 Å². The van der Waals surface area contributed by atoms with Crippen LogP contribution in [0.15, 0.2) is 59.3 Å². The number of aromatic nitrogens is 2. The van der Waals surface area contributed by atoms with Gasteiger partial charge in [-0.3, -0.25) is 10.1 Å². The number of benzene rings is 2. The van der Waals surface area contributed by atoms with Crippen LogP contribution in [0, 0.1) is 10.1 Å².